The van der Waals surface area contributed by atoms with Crippen molar-refractivity contribution in [2.75, 3.05) is 37.7 Å². The molecule has 0 radical (unpaired) electrons. The van der Waals surface area contributed by atoms with Crippen molar-refractivity contribution in [2.24, 2.45) is 17.8 Å². The van der Waals surface area contributed by atoms with Crippen LogP contribution in [0.5, 0.6) is 5.75 Å². The molecule has 2 N–H and O–H groups in total. The molecule has 10 nitrogen and oxygen atoms in total. The Hall–Kier alpha value is -3.59. The summed E-state index contributed by atoms with van der Waals surface area (Å²) in [6.07, 6.45) is 6.73. The van der Waals surface area contributed by atoms with Gasteiger partial charge < -0.3 is 24.8 Å². The van der Waals surface area contributed by atoms with E-state index in [0.717, 1.165) is 43.1 Å². The van der Waals surface area contributed by atoms with Crippen molar-refractivity contribution in [1.82, 2.24) is 20.2 Å². The molecule has 10 rings (SSSR count). The number of carboxylic acid groups (broad SMARTS) is 1. The molecule has 2 saturated heterocycles. The van der Waals surface area contributed by atoms with E-state index in [1.165, 1.54) is 0 Å². The number of ether oxygens (including phenoxy) is 2. The van der Waals surface area contributed by atoms with Crippen LogP contribution < -0.4 is 15.0 Å². The van der Waals surface area contributed by atoms with Crippen molar-refractivity contribution in [3.63, 3.8) is 0 Å². The molecule has 8 aliphatic rings. The predicted molar refractivity (Wildman–Crippen MR) is 185 cm³/mol. The summed E-state index contributed by atoms with van der Waals surface area (Å²) < 4.78 is 85.4. The zero-order chi connectivity index (χ0) is 37.8. The van der Waals surface area contributed by atoms with E-state index in [4.69, 9.17) is 9.47 Å². The maximum absolute atomic E-state index is 15.5. The number of hydrogen-bond donors (Lipinski definition) is 2. The number of amides is 1. The van der Waals surface area contributed by atoms with Gasteiger partial charge in [0, 0.05) is 50.0 Å². The van der Waals surface area contributed by atoms with Crippen molar-refractivity contribution in [2.45, 2.75) is 118 Å². The lowest BCUT2D eigenvalue weighted by molar-refractivity contribution is -0.174. The summed E-state index contributed by atoms with van der Waals surface area (Å²) in [7, 11) is 0. The van der Waals surface area contributed by atoms with Crippen LogP contribution in [-0.4, -0.2) is 94.0 Å². The highest BCUT2D eigenvalue weighted by Crippen LogP contribution is 2.61. The average Bonchev–Trinajstić information content (AvgIpc) is 3.40. The number of carbonyl (C=O) groups excluding carboxylic acids is 1. The van der Waals surface area contributed by atoms with Crippen LogP contribution in [0.25, 0.3) is 0 Å². The summed E-state index contributed by atoms with van der Waals surface area (Å²) in [5.74, 6) is -9.07. The van der Waals surface area contributed by atoms with E-state index in [0.29, 0.717) is 64.5 Å². The van der Waals surface area contributed by atoms with Gasteiger partial charge in [0.15, 0.2) is 0 Å². The van der Waals surface area contributed by atoms with Crippen LogP contribution in [0.3, 0.4) is 0 Å². The Morgan fingerprint density at radius 3 is 2.30 bits per heavy atom. The Kier molecular flexibility index (Phi) is 8.32. The maximum atomic E-state index is 15.5. The summed E-state index contributed by atoms with van der Waals surface area (Å²) in [5.41, 5.74) is -3.27. The van der Waals surface area contributed by atoms with Gasteiger partial charge in [-0.05, 0) is 112 Å². The van der Waals surface area contributed by atoms with Gasteiger partial charge in [-0.15, -0.1) is 0 Å². The maximum Gasteiger partial charge on any atom is 0.330 e. The third-order valence-corrected chi connectivity index (χ3v) is 13.8. The Bertz CT molecular complexity index is 1820. The van der Waals surface area contributed by atoms with Crippen LogP contribution in [0, 0.1) is 17.8 Å². The molecule has 1 aromatic heterocycles. The zero-order valence-corrected chi connectivity index (χ0v) is 30.3. The van der Waals surface area contributed by atoms with Gasteiger partial charge in [0.05, 0.1) is 24.8 Å². The van der Waals surface area contributed by atoms with E-state index in [1.807, 2.05) is 23.1 Å². The molecule has 292 valence electrons. The van der Waals surface area contributed by atoms with Crippen LogP contribution in [0.15, 0.2) is 24.4 Å². The van der Waals surface area contributed by atoms with E-state index in [9.17, 15) is 23.5 Å². The first-order chi connectivity index (χ1) is 25.6. The molecule has 1 spiro atoms. The zero-order valence-electron chi connectivity index (χ0n) is 30.3. The molecule has 4 bridgehead atoms. The number of rotatable bonds is 8. The number of fused-ring (bicyclic) bond motifs is 2. The molecule has 1 aromatic carbocycles. The highest BCUT2D eigenvalue weighted by Gasteiger charge is 2.67. The Morgan fingerprint density at radius 2 is 1.69 bits per heavy atom. The van der Waals surface area contributed by atoms with Gasteiger partial charge >= 0.3 is 5.97 Å². The molecule has 5 atom stereocenters. The molecule has 2 aromatic rings. The van der Waals surface area contributed by atoms with Crippen molar-refractivity contribution >= 4 is 23.5 Å². The largest absolute Gasteiger partial charge is 0.490 e. The lowest BCUT2D eigenvalue weighted by Crippen LogP contribution is -2.72. The van der Waals surface area contributed by atoms with Crippen LogP contribution in [0.2, 0.25) is 0 Å². The molecule has 4 heterocycles. The first-order valence-corrected chi connectivity index (χ1v) is 19.4. The molecule has 5 aliphatic carbocycles. The number of hydrogen-bond acceptors (Lipinski definition) is 8. The van der Waals surface area contributed by atoms with E-state index in [2.05, 4.69) is 15.3 Å². The quantitative estimate of drug-likeness (QED) is 0.290. The molecule has 7 fully saturated rings. The Labute approximate surface area is 310 Å². The number of aromatic nitrogens is 2. The highest BCUT2D eigenvalue weighted by atomic mass is 19.3. The van der Waals surface area contributed by atoms with Gasteiger partial charge in [-0.3, -0.25) is 9.69 Å². The summed E-state index contributed by atoms with van der Waals surface area (Å²) in [4.78, 5) is 39.2. The van der Waals surface area contributed by atoms with Crippen molar-refractivity contribution in [1.29, 1.82) is 0 Å². The van der Waals surface area contributed by atoms with Gasteiger partial charge in [0.1, 0.15) is 22.7 Å². The third kappa shape index (κ3) is 5.93. The Morgan fingerprint density at radius 1 is 1.00 bits per heavy atom. The van der Waals surface area contributed by atoms with Crippen molar-refractivity contribution in [3.05, 3.63) is 41.2 Å². The molecule has 15 heteroatoms. The molecule has 1 amide bonds. The molecular formula is C39H46F5N5O5. The summed E-state index contributed by atoms with van der Waals surface area (Å²) in [6, 6.07) is 5.84. The van der Waals surface area contributed by atoms with Gasteiger partial charge in [-0.25, -0.2) is 27.9 Å². The molecule has 3 unspecified atom stereocenters. The average molecular weight is 760 g/mol. The summed E-state index contributed by atoms with van der Waals surface area (Å²) in [5, 5.41) is 13.1. The second-order valence-corrected chi connectivity index (χ2v) is 17.4. The summed E-state index contributed by atoms with van der Waals surface area (Å²) in [6.45, 7) is 1.69. The van der Waals surface area contributed by atoms with E-state index in [-0.39, 0.29) is 49.9 Å². The van der Waals surface area contributed by atoms with Crippen LogP contribution in [-0.2, 0) is 20.9 Å². The normalized spacial score (nSPS) is 35.1. The van der Waals surface area contributed by atoms with Gasteiger partial charge in [-0.1, -0.05) is 0 Å². The second-order valence-electron chi connectivity index (χ2n) is 17.4. The number of nitrogens with zero attached hydrogens (tertiary/aromatic N) is 4. The Balaban J connectivity index is 0.977. The molecular weight excluding hydrogens is 713 g/mol. The first kappa shape index (κ1) is 36.1. The third-order valence-electron chi connectivity index (χ3n) is 13.8. The lowest BCUT2D eigenvalue weighted by atomic mass is 9.47. The SMILES string of the molecule is CC(F)(F)c1nc(N2CC3(CCOCC3)c3cc(OC4CCC(N5CC(F)(F)C5)CC4)ccc32)ncc1C(=O)NC1(C(=O)O)[C@@H]2CC3C[C@H]1CC(F)(C3)C2. The number of carboxylic acids is 1. The smallest absolute Gasteiger partial charge is 0.330 e. The van der Waals surface area contributed by atoms with Gasteiger partial charge in [0.25, 0.3) is 17.8 Å². The van der Waals surface area contributed by atoms with E-state index in [1.54, 1.807) is 4.90 Å². The number of nitrogens with one attached hydrogen (secondary N) is 1. The highest BCUT2D eigenvalue weighted by molar-refractivity contribution is 5.99. The van der Waals surface area contributed by atoms with Crippen LogP contribution in [0.1, 0.15) is 99.2 Å². The number of carbonyl (C=O) groups is 2. The standard InChI is InChI=1S/C39H46F5N5O5/c1-35(40,41)31-28(32(50)47-39(33(51)52)23-12-22-13-24(39)17-37(42,15-22)16-23)18-45-34(46-31)49-19-36(8-10-53-11-9-36)29-14-27(6-7-30(29)49)54-26-4-2-25(3-5-26)48-20-38(43,44)21-48/h6-7,14,18,22-26H,2-5,8-13,15-17,19-21H2,1H3,(H,47,50)(H,51,52)/t22?,23-,24+,25?,26?,37?,39?. The number of alkyl halides is 5. The number of aliphatic carboxylic acids is 1. The molecule has 54 heavy (non-hydrogen) atoms. The van der Waals surface area contributed by atoms with Crippen LogP contribution >= 0.6 is 0 Å². The van der Waals surface area contributed by atoms with E-state index >= 15 is 13.2 Å². The van der Waals surface area contributed by atoms with Gasteiger partial charge in [-0.2, -0.15) is 8.78 Å². The topological polar surface area (TPSA) is 117 Å². The fourth-order valence-corrected chi connectivity index (χ4v) is 11.4. The summed E-state index contributed by atoms with van der Waals surface area (Å²) >= 11 is 0. The monoisotopic (exact) mass is 759 g/mol. The minimum absolute atomic E-state index is 0.0103. The first-order valence-electron chi connectivity index (χ1n) is 19.4. The predicted octanol–water partition coefficient (Wildman–Crippen LogP) is 6.53. The van der Waals surface area contributed by atoms with Crippen molar-refractivity contribution in [3.8, 4) is 5.75 Å². The van der Waals surface area contributed by atoms with Crippen LogP contribution in [0.4, 0.5) is 33.6 Å². The number of anilines is 2. The minimum atomic E-state index is -3.58. The second kappa shape index (κ2) is 12.5. The fourth-order valence-electron chi connectivity index (χ4n) is 11.4. The van der Waals surface area contributed by atoms with Crippen molar-refractivity contribution < 1.29 is 46.1 Å². The number of benzene rings is 1. The molecule has 5 saturated carbocycles. The van der Waals surface area contributed by atoms with Gasteiger partial charge in [0.2, 0.25) is 5.95 Å². The van der Waals surface area contributed by atoms with E-state index < -0.39 is 63.4 Å². The minimum Gasteiger partial charge on any atom is -0.490 e. The number of likely N-dealkylation sites (tertiary alicyclic amines) is 1. The fraction of sp³-hybridized carbons (Fsp3) is 0.692. The lowest BCUT2D eigenvalue weighted by Gasteiger charge is -2.61. The molecule has 3 aliphatic heterocycles. The number of halogens is 5.